The van der Waals surface area contributed by atoms with Crippen LogP contribution in [0, 0.1) is 0 Å². The second-order valence-electron chi connectivity index (χ2n) is 14.8. The topological polar surface area (TPSA) is 0 Å². The molecule has 0 aliphatic heterocycles. The van der Waals surface area contributed by atoms with Crippen molar-refractivity contribution in [2.75, 3.05) is 0 Å². The Morgan fingerprint density at radius 2 is 0.440 bits per heavy atom. The first kappa shape index (κ1) is 36.3. The lowest BCUT2D eigenvalue weighted by atomic mass is 10.4. The van der Waals surface area contributed by atoms with Crippen molar-refractivity contribution in [2.24, 2.45) is 0 Å². The van der Waals surface area contributed by atoms with Crippen molar-refractivity contribution >= 4 is 73.8 Å². The van der Waals surface area contributed by atoms with Gasteiger partial charge in [-0.05, 0) is 18.1 Å². The predicted molar refractivity (Wildman–Crippen MR) is 232 cm³/mol. The highest BCUT2D eigenvalue weighted by Crippen LogP contribution is 2.37. The molecule has 6 aromatic rings. The smallest absolute Gasteiger partial charge is 0.155 e. The standard InChI is InChI=1S/C45H51ClSi4/c1-47(40-22-10-4-11-23-40,41-24-12-5-13-25-41)34-37-50(46,38-35-48(2,42-26-14-6-15-27-42)43-28-16-7-17-29-43)39-36-49(3,44-30-18-8-19-31-44)45-32-20-9-21-33-45/h4-33H,34-39H2,1-3H3. The summed E-state index contributed by atoms with van der Waals surface area (Å²) in [6, 6.07) is 75.1. The highest BCUT2D eigenvalue weighted by atomic mass is 35.6. The van der Waals surface area contributed by atoms with Gasteiger partial charge in [0.25, 0.3) is 0 Å². The van der Waals surface area contributed by atoms with E-state index in [4.69, 9.17) is 11.1 Å². The Morgan fingerprint density at radius 3 is 0.600 bits per heavy atom. The van der Waals surface area contributed by atoms with Crippen LogP contribution in [0.5, 0.6) is 0 Å². The minimum atomic E-state index is -2.30. The zero-order chi connectivity index (χ0) is 34.9. The third-order valence-corrected chi connectivity index (χ3v) is 31.7. The molecule has 0 unspecified atom stereocenters. The normalized spacial score (nSPS) is 12.5. The van der Waals surface area contributed by atoms with Gasteiger partial charge >= 0.3 is 0 Å². The van der Waals surface area contributed by atoms with Crippen LogP contribution in [0.1, 0.15) is 0 Å². The molecule has 0 heterocycles. The van der Waals surface area contributed by atoms with Gasteiger partial charge in [0.2, 0.25) is 0 Å². The first-order valence-electron chi connectivity index (χ1n) is 18.3. The molecule has 254 valence electrons. The molecular formula is C45H51ClSi4. The van der Waals surface area contributed by atoms with E-state index < -0.39 is 31.6 Å². The molecule has 0 aliphatic rings. The van der Waals surface area contributed by atoms with Gasteiger partial charge in [-0.1, -0.05) is 251 Å². The zero-order valence-electron chi connectivity index (χ0n) is 29.9. The van der Waals surface area contributed by atoms with E-state index in [2.05, 4.69) is 202 Å². The monoisotopic (exact) mass is 738 g/mol. The fourth-order valence-corrected chi connectivity index (χ4v) is 31.0. The van der Waals surface area contributed by atoms with Gasteiger partial charge in [-0.25, -0.2) is 0 Å². The number of rotatable bonds is 15. The molecule has 0 bridgehead atoms. The van der Waals surface area contributed by atoms with Gasteiger partial charge < -0.3 is 0 Å². The molecule has 0 atom stereocenters. The van der Waals surface area contributed by atoms with Crippen LogP contribution >= 0.6 is 11.1 Å². The van der Waals surface area contributed by atoms with Crippen molar-refractivity contribution < 1.29 is 0 Å². The summed E-state index contributed by atoms with van der Waals surface area (Å²) in [5.74, 6) is 0. The second kappa shape index (κ2) is 16.2. The molecule has 0 amide bonds. The Hall–Kier alpha value is -3.52. The quantitative estimate of drug-likeness (QED) is 0.0730. The summed E-state index contributed by atoms with van der Waals surface area (Å²) in [5, 5.41) is 9.08. The Balaban J connectivity index is 1.38. The van der Waals surface area contributed by atoms with E-state index in [0.29, 0.717) is 0 Å². The van der Waals surface area contributed by atoms with E-state index in [1.165, 1.54) is 49.3 Å². The van der Waals surface area contributed by atoms with E-state index >= 15 is 0 Å². The summed E-state index contributed by atoms with van der Waals surface area (Å²) in [6.45, 7) is 7.76. The fourth-order valence-electron chi connectivity index (χ4n) is 8.00. The Kier molecular flexibility index (Phi) is 11.8. The molecule has 50 heavy (non-hydrogen) atoms. The molecule has 6 rings (SSSR count). The SMILES string of the molecule is C[Si](CC[Si](Cl)(CC[Si](C)(c1ccccc1)c1ccccc1)CC[Si](C)(c1ccccc1)c1ccccc1)(c1ccccc1)c1ccccc1. The maximum absolute atomic E-state index is 8.39. The lowest BCUT2D eigenvalue weighted by Gasteiger charge is -2.38. The predicted octanol–water partition coefficient (Wildman–Crippen LogP) is 8.85. The molecule has 5 heteroatoms. The average Bonchev–Trinajstić information content (AvgIpc) is 3.20. The van der Waals surface area contributed by atoms with E-state index in [1.807, 2.05) is 0 Å². The molecule has 0 saturated heterocycles. The molecule has 0 N–H and O–H groups in total. The first-order valence-corrected chi connectivity index (χ1v) is 30.0. The fraction of sp³-hybridized carbons (Fsp3) is 0.200. The minimum absolute atomic E-state index is 1.14. The van der Waals surface area contributed by atoms with Gasteiger partial charge in [0, 0.05) is 0 Å². The van der Waals surface area contributed by atoms with E-state index in [-0.39, 0.29) is 0 Å². The third kappa shape index (κ3) is 8.16. The maximum Gasteiger partial charge on any atom is 0.155 e. The van der Waals surface area contributed by atoms with Gasteiger partial charge in [-0.3, -0.25) is 0 Å². The summed E-state index contributed by atoms with van der Waals surface area (Å²) in [4.78, 5) is 0. The first-order chi connectivity index (χ1) is 24.3. The molecule has 0 fully saturated rings. The minimum Gasteiger partial charge on any atom is -0.167 e. The summed E-state index contributed by atoms with van der Waals surface area (Å²) < 4.78 is 0. The van der Waals surface area contributed by atoms with E-state index in [1.54, 1.807) is 0 Å². The average molecular weight is 740 g/mol. The van der Waals surface area contributed by atoms with Crippen molar-refractivity contribution in [3.8, 4) is 0 Å². The molecule has 0 saturated carbocycles. The van der Waals surface area contributed by atoms with Crippen LogP contribution in [-0.4, -0.2) is 31.6 Å². The largest absolute Gasteiger partial charge is 0.167 e. The number of hydrogen-bond donors (Lipinski definition) is 0. The summed E-state index contributed by atoms with van der Waals surface area (Å²) in [5.41, 5.74) is 0. The van der Waals surface area contributed by atoms with Crippen LogP contribution in [0.2, 0.25) is 55.9 Å². The van der Waals surface area contributed by atoms with Crippen LogP contribution in [-0.2, 0) is 0 Å². The van der Waals surface area contributed by atoms with Gasteiger partial charge in [-0.15, -0.1) is 0 Å². The second-order valence-corrected chi connectivity index (χ2v) is 34.0. The molecular weight excluding hydrogens is 688 g/mol. The molecule has 0 spiro atoms. The van der Waals surface area contributed by atoms with Gasteiger partial charge in [0.05, 0.1) is 0 Å². The number of hydrogen-bond acceptors (Lipinski definition) is 0. The van der Waals surface area contributed by atoms with Crippen LogP contribution < -0.4 is 31.1 Å². The van der Waals surface area contributed by atoms with Crippen molar-refractivity contribution in [2.45, 2.75) is 55.9 Å². The van der Waals surface area contributed by atoms with Crippen LogP contribution in [0.25, 0.3) is 0 Å². The van der Waals surface area contributed by atoms with Crippen molar-refractivity contribution in [1.29, 1.82) is 0 Å². The molecule has 6 aromatic carbocycles. The number of benzene rings is 6. The molecule has 0 aliphatic carbocycles. The van der Waals surface area contributed by atoms with Crippen LogP contribution in [0.15, 0.2) is 182 Å². The summed E-state index contributed by atoms with van der Waals surface area (Å²) in [7, 11) is -8.43. The lowest BCUT2D eigenvalue weighted by molar-refractivity contribution is 1.17. The molecule has 0 aromatic heterocycles. The highest BCUT2D eigenvalue weighted by molar-refractivity contribution is 7.22. The van der Waals surface area contributed by atoms with E-state index in [0.717, 1.165) is 18.1 Å². The van der Waals surface area contributed by atoms with E-state index in [9.17, 15) is 0 Å². The lowest BCUT2D eigenvalue weighted by Crippen LogP contribution is -2.58. The van der Waals surface area contributed by atoms with Gasteiger partial charge in [-0.2, -0.15) is 11.1 Å². The number of halogens is 1. The van der Waals surface area contributed by atoms with Crippen molar-refractivity contribution in [3.63, 3.8) is 0 Å². The Morgan fingerprint density at radius 1 is 0.280 bits per heavy atom. The van der Waals surface area contributed by atoms with Crippen molar-refractivity contribution in [1.82, 2.24) is 0 Å². The van der Waals surface area contributed by atoms with Crippen LogP contribution in [0.3, 0.4) is 0 Å². The zero-order valence-corrected chi connectivity index (χ0v) is 34.7. The van der Waals surface area contributed by atoms with Crippen molar-refractivity contribution in [3.05, 3.63) is 182 Å². The Bertz CT molecular complexity index is 1540. The third-order valence-electron chi connectivity index (χ3n) is 11.7. The molecule has 0 nitrogen and oxygen atoms in total. The summed E-state index contributed by atoms with van der Waals surface area (Å²) >= 11 is 8.39. The highest BCUT2D eigenvalue weighted by Gasteiger charge is 2.43. The van der Waals surface area contributed by atoms with Crippen LogP contribution in [0.4, 0.5) is 0 Å². The van der Waals surface area contributed by atoms with Gasteiger partial charge in [0.15, 0.2) is 7.38 Å². The summed E-state index contributed by atoms with van der Waals surface area (Å²) in [6.07, 6.45) is 0. The Labute approximate surface area is 310 Å². The maximum atomic E-state index is 8.39. The van der Waals surface area contributed by atoms with Gasteiger partial charge in [0.1, 0.15) is 24.2 Å². The molecule has 0 radical (unpaired) electrons.